The van der Waals surface area contributed by atoms with Crippen LogP contribution in [0.15, 0.2) is 22.7 Å². The van der Waals surface area contributed by atoms with Crippen LogP contribution in [0, 0.1) is 6.92 Å². The highest BCUT2D eigenvalue weighted by atomic mass is 79.9. The fourth-order valence-electron chi connectivity index (χ4n) is 2.43. The number of anilines is 1. The second-order valence-electron chi connectivity index (χ2n) is 4.74. The topological polar surface area (TPSA) is 15.3 Å². The van der Waals surface area contributed by atoms with E-state index in [2.05, 4.69) is 58.2 Å². The summed E-state index contributed by atoms with van der Waals surface area (Å²) >= 11 is 3.62. The molecule has 1 atom stereocenters. The Bertz CT molecular complexity index is 378. The van der Waals surface area contributed by atoms with Gasteiger partial charge in [-0.3, -0.25) is 0 Å². The van der Waals surface area contributed by atoms with Crippen LogP contribution >= 0.6 is 15.9 Å². The number of benzene rings is 1. The summed E-state index contributed by atoms with van der Waals surface area (Å²) in [6.07, 6.45) is 2.42. The lowest BCUT2D eigenvalue weighted by Crippen LogP contribution is -2.37. The maximum Gasteiger partial charge on any atom is 0.0407 e. The molecule has 1 aromatic carbocycles. The van der Waals surface area contributed by atoms with E-state index in [4.69, 9.17) is 0 Å². The Labute approximate surface area is 113 Å². The highest BCUT2D eigenvalue weighted by Crippen LogP contribution is 2.27. The van der Waals surface area contributed by atoms with Crippen LogP contribution in [0.2, 0.25) is 0 Å². The Morgan fingerprint density at radius 3 is 3.06 bits per heavy atom. The molecule has 1 aliphatic heterocycles. The first-order valence-electron chi connectivity index (χ1n) is 6.45. The van der Waals surface area contributed by atoms with Crippen LogP contribution in [-0.2, 0) is 0 Å². The van der Waals surface area contributed by atoms with Gasteiger partial charge in [0.25, 0.3) is 0 Å². The van der Waals surface area contributed by atoms with Crippen LogP contribution in [0.3, 0.4) is 0 Å². The van der Waals surface area contributed by atoms with Gasteiger partial charge in [-0.1, -0.05) is 28.9 Å². The van der Waals surface area contributed by atoms with E-state index in [9.17, 15) is 0 Å². The average molecular weight is 297 g/mol. The van der Waals surface area contributed by atoms with Gasteiger partial charge >= 0.3 is 0 Å². The van der Waals surface area contributed by atoms with Crippen molar-refractivity contribution in [3.8, 4) is 0 Å². The molecule has 2 nitrogen and oxygen atoms in total. The number of halogens is 1. The third-order valence-corrected chi connectivity index (χ3v) is 4.41. The highest BCUT2D eigenvalue weighted by Gasteiger charge is 2.18. The Hall–Kier alpha value is -0.540. The van der Waals surface area contributed by atoms with Gasteiger partial charge in [0.1, 0.15) is 0 Å². The predicted molar refractivity (Wildman–Crippen MR) is 77.8 cm³/mol. The summed E-state index contributed by atoms with van der Waals surface area (Å²) in [5.41, 5.74) is 2.73. The molecule has 1 heterocycles. The molecule has 1 aliphatic rings. The lowest BCUT2D eigenvalue weighted by Gasteiger charge is -2.27. The molecule has 1 fully saturated rings. The second-order valence-corrected chi connectivity index (χ2v) is 5.60. The van der Waals surface area contributed by atoms with E-state index in [1.54, 1.807) is 0 Å². The van der Waals surface area contributed by atoms with Crippen LogP contribution in [0.4, 0.5) is 5.69 Å². The zero-order valence-corrected chi connectivity index (χ0v) is 12.3. The van der Waals surface area contributed by atoms with E-state index >= 15 is 0 Å². The molecule has 2 rings (SSSR count). The number of hydrogen-bond donors (Lipinski definition) is 1. The lowest BCUT2D eigenvalue weighted by atomic mass is 10.1. The highest BCUT2D eigenvalue weighted by molar-refractivity contribution is 9.10. The monoisotopic (exact) mass is 296 g/mol. The molecular formula is C14H21BrN2. The predicted octanol–water partition coefficient (Wildman–Crippen LogP) is 3.34. The van der Waals surface area contributed by atoms with Crippen LogP contribution in [0.5, 0.6) is 0 Å². The van der Waals surface area contributed by atoms with E-state index in [1.165, 1.54) is 28.6 Å². The fourth-order valence-corrected chi connectivity index (χ4v) is 2.78. The molecule has 17 heavy (non-hydrogen) atoms. The van der Waals surface area contributed by atoms with Crippen molar-refractivity contribution in [2.45, 2.75) is 32.7 Å². The van der Waals surface area contributed by atoms with Crippen molar-refractivity contribution < 1.29 is 0 Å². The van der Waals surface area contributed by atoms with Crippen molar-refractivity contribution in [3.63, 3.8) is 0 Å². The third-order valence-electron chi connectivity index (χ3n) is 3.55. The van der Waals surface area contributed by atoms with Gasteiger partial charge in [0.05, 0.1) is 0 Å². The summed E-state index contributed by atoms with van der Waals surface area (Å²) in [6.45, 7) is 7.87. The summed E-state index contributed by atoms with van der Waals surface area (Å²) in [5, 5.41) is 3.61. The van der Waals surface area contributed by atoms with Gasteiger partial charge in [0.15, 0.2) is 0 Å². The maximum absolute atomic E-state index is 3.62. The normalized spacial score (nSPS) is 21.4. The molecule has 1 aromatic rings. The minimum atomic E-state index is 0.621. The molecule has 3 heteroatoms. The molecule has 1 saturated heterocycles. The van der Waals surface area contributed by atoms with E-state index in [1.807, 2.05) is 0 Å². The fraction of sp³-hybridized carbons (Fsp3) is 0.571. The second kappa shape index (κ2) is 5.87. The maximum atomic E-state index is 3.62. The molecule has 0 saturated carbocycles. The van der Waals surface area contributed by atoms with Crippen molar-refractivity contribution in [1.29, 1.82) is 0 Å². The minimum absolute atomic E-state index is 0.621. The molecule has 94 valence electrons. The first-order chi connectivity index (χ1) is 8.22. The molecular weight excluding hydrogens is 276 g/mol. The van der Waals surface area contributed by atoms with Crippen LogP contribution < -0.4 is 10.2 Å². The van der Waals surface area contributed by atoms with Crippen molar-refractivity contribution in [1.82, 2.24) is 5.32 Å². The summed E-state index contributed by atoms with van der Waals surface area (Å²) in [4.78, 5) is 2.52. The number of nitrogens with zero attached hydrogens (tertiary/aromatic N) is 1. The lowest BCUT2D eigenvalue weighted by molar-refractivity contribution is 0.528. The Kier molecular flexibility index (Phi) is 4.46. The molecule has 1 N–H and O–H groups in total. The molecule has 0 amide bonds. The van der Waals surface area contributed by atoms with E-state index < -0.39 is 0 Å². The van der Waals surface area contributed by atoms with E-state index in [0.717, 1.165) is 19.6 Å². The molecule has 0 aromatic heterocycles. The third kappa shape index (κ3) is 3.02. The van der Waals surface area contributed by atoms with Crippen molar-refractivity contribution in [3.05, 3.63) is 28.2 Å². The first-order valence-corrected chi connectivity index (χ1v) is 7.25. The Balaban J connectivity index is 2.22. The van der Waals surface area contributed by atoms with Crippen molar-refractivity contribution in [2.24, 2.45) is 0 Å². The number of hydrogen-bond acceptors (Lipinski definition) is 2. The van der Waals surface area contributed by atoms with Crippen molar-refractivity contribution in [2.75, 3.05) is 24.5 Å². The average Bonchev–Trinajstić information content (AvgIpc) is 2.58. The quantitative estimate of drug-likeness (QED) is 0.900. The van der Waals surface area contributed by atoms with Gasteiger partial charge < -0.3 is 10.2 Å². The summed E-state index contributed by atoms with van der Waals surface area (Å²) in [6, 6.07) is 7.10. The molecule has 0 spiro atoms. The standard InChI is InChI=1S/C14H21BrN2/c1-3-12-10-17(9-5-8-16-12)14-7-4-6-13(15)11(14)2/h4,6-7,12,16H,3,5,8-10H2,1-2H3. The van der Waals surface area contributed by atoms with E-state index in [0.29, 0.717) is 6.04 Å². The zero-order chi connectivity index (χ0) is 12.3. The first kappa shape index (κ1) is 12.9. The Morgan fingerprint density at radius 1 is 1.47 bits per heavy atom. The summed E-state index contributed by atoms with van der Waals surface area (Å²) < 4.78 is 1.21. The van der Waals surface area contributed by atoms with Gasteiger partial charge in [0, 0.05) is 29.3 Å². The van der Waals surface area contributed by atoms with Crippen LogP contribution in [0.1, 0.15) is 25.3 Å². The van der Waals surface area contributed by atoms with Gasteiger partial charge in [-0.2, -0.15) is 0 Å². The van der Waals surface area contributed by atoms with Gasteiger partial charge in [-0.15, -0.1) is 0 Å². The van der Waals surface area contributed by atoms with Gasteiger partial charge in [-0.25, -0.2) is 0 Å². The van der Waals surface area contributed by atoms with Gasteiger partial charge in [0.2, 0.25) is 0 Å². The number of rotatable bonds is 2. The largest absolute Gasteiger partial charge is 0.370 e. The van der Waals surface area contributed by atoms with E-state index in [-0.39, 0.29) is 0 Å². The Morgan fingerprint density at radius 2 is 2.29 bits per heavy atom. The van der Waals surface area contributed by atoms with Crippen LogP contribution in [-0.4, -0.2) is 25.7 Å². The summed E-state index contributed by atoms with van der Waals surface area (Å²) in [7, 11) is 0. The van der Waals surface area contributed by atoms with Gasteiger partial charge in [-0.05, 0) is 44.0 Å². The number of nitrogens with one attached hydrogen (secondary N) is 1. The molecule has 0 bridgehead atoms. The van der Waals surface area contributed by atoms with Crippen molar-refractivity contribution >= 4 is 21.6 Å². The molecule has 0 aliphatic carbocycles. The van der Waals surface area contributed by atoms with Crippen LogP contribution in [0.25, 0.3) is 0 Å². The SMILES string of the molecule is CCC1CN(c2cccc(Br)c2C)CCCN1. The molecule has 1 unspecified atom stereocenters. The minimum Gasteiger partial charge on any atom is -0.370 e. The zero-order valence-electron chi connectivity index (χ0n) is 10.7. The molecule has 0 radical (unpaired) electrons. The smallest absolute Gasteiger partial charge is 0.0407 e. The summed E-state index contributed by atoms with van der Waals surface area (Å²) in [5.74, 6) is 0.